The van der Waals surface area contributed by atoms with Crippen LogP contribution in [0.5, 0.6) is 0 Å². The number of nitrogens with one attached hydrogen (secondary N) is 1. The number of oxazole rings is 1. The minimum absolute atomic E-state index is 0.0828. The Balaban J connectivity index is 2.32. The Bertz CT molecular complexity index is 1140. The molecule has 2 aromatic carbocycles. The van der Waals surface area contributed by atoms with Crippen LogP contribution in [0.1, 0.15) is 5.56 Å². The van der Waals surface area contributed by atoms with E-state index < -0.39 is 10.5 Å². The highest BCUT2D eigenvalue weighted by Gasteiger charge is 2.10. The molecule has 3 rings (SSSR count). The van der Waals surface area contributed by atoms with E-state index in [4.69, 9.17) is 4.42 Å². The second-order valence-electron chi connectivity index (χ2n) is 4.87. The van der Waals surface area contributed by atoms with Crippen molar-refractivity contribution < 1.29 is 9.34 Å². The molecule has 0 saturated heterocycles. The molecule has 0 atom stereocenters. The summed E-state index contributed by atoms with van der Waals surface area (Å²) < 4.78 is 5.20. The lowest BCUT2D eigenvalue weighted by molar-refractivity contribution is -0.385. The molecular formula is C17H12N2O4. The molecule has 0 fully saturated rings. The number of para-hydroxylation sites is 1. The van der Waals surface area contributed by atoms with Crippen LogP contribution in [-0.2, 0) is 0 Å². The first-order valence-corrected chi connectivity index (χ1v) is 6.79. The predicted molar refractivity (Wildman–Crippen MR) is 84.9 cm³/mol. The summed E-state index contributed by atoms with van der Waals surface area (Å²) in [5, 5.41) is 12.5. The van der Waals surface area contributed by atoms with Crippen LogP contribution in [0.2, 0.25) is 0 Å². The summed E-state index contributed by atoms with van der Waals surface area (Å²) in [7, 11) is 0. The lowest BCUT2D eigenvalue weighted by Gasteiger charge is -1.94. The van der Waals surface area contributed by atoms with E-state index in [2.05, 4.69) is 11.6 Å². The summed E-state index contributed by atoms with van der Waals surface area (Å²) >= 11 is 0. The van der Waals surface area contributed by atoms with Crippen LogP contribution >= 0.6 is 0 Å². The lowest BCUT2D eigenvalue weighted by atomic mass is 10.1. The van der Waals surface area contributed by atoms with Gasteiger partial charge in [-0.15, -0.1) is 0 Å². The fourth-order valence-electron chi connectivity index (χ4n) is 2.24. The Morgan fingerprint density at radius 1 is 1.13 bits per heavy atom. The van der Waals surface area contributed by atoms with Crippen LogP contribution in [0.25, 0.3) is 12.7 Å². The molecule has 23 heavy (non-hydrogen) atoms. The van der Waals surface area contributed by atoms with Crippen molar-refractivity contribution in [3.8, 4) is 0 Å². The van der Waals surface area contributed by atoms with E-state index in [1.165, 1.54) is 12.1 Å². The van der Waals surface area contributed by atoms with Gasteiger partial charge in [0.15, 0.2) is 0 Å². The standard InChI is InChI=1S/C17H12N2O4/c1-11-6-2-4-8-13(11)16-18-14(17(20)23-16)10-12-7-3-5-9-15(12)19(21)22/h2-10,18H,1H2. The molecule has 1 N–H and O–H groups in total. The van der Waals surface area contributed by atoms with E-state index in [0.29, 0.717) is 16.0 Å². The maximum atomic E-state index is 12.0. The number of hydrogen-bond donors (Lipinski definition) is 1. The normalized spacial score (nSPS) is 13.1. The largest absolute Gasteiger partial charge is 0.404 e. The fraction of sp³-hybridized carbons (Fsp3) is 0. The quantitative estimate of drug-likeness (QED) is 0.572. The van der Waals surface area contributed by atoms with Gasteiger partial charge in [0, 0.05) is 11.3 Å². The van der Waals surface area contributed by atoms with E-state index in [1.54, 1.807) is 36.4 Å². The topological polar surface area (TPSA) is 89.1 Å². The monoisotopic (exact) mass is 308 g/mol. The van der Waals surface area contributed by atoms with Gasteiger partial charge in [-0.3, -0.25) is 10.1 Å². The van der Waals surface area contributed by atoms with Gasteiger partial charge in [-0.2, -0.15) is 0 Å². The van der Waals surface area contributed by atoms with Gasteiger partial charge < -0.3 is 9.40 Å². The van der Waals surface area contributed by atoms with Crippen LogP contribution in [0.3, 0.4) is 0 Å². The number of nitro groups is 1. The minimum atomic E-state index is -0.596. The van der Waals surface area contributed by atoms with Gasteiger partial charge in [-0.1, -0.05) is 36.9 Å². The minimum Gasteiger partial charge on any atom is -0.404 e. The third-order valence-corrected chi connectivity index (χ3v) is 3.36. The SMILES string of the molecule is C=c1ccccc1=c1[nH]c(=Cc2ccccc2[N+](=O)[O-])c(=O)o1. The summed E-state index contributed by atoms with van der Waals surface area (Å²) in [4.78, 5) is 25.4. The lowest BCUT2D eigenvalue weighted by Crippen LogP contribution is -2.20. The summed E-state index contributed by atoms with van der Waals surface area (Å²) in [6.07, 6.45) is 1.40. The zero-order valence-electron chi connectivity index (χ0n) is 12.0. The fourth-order valence-corrected chi connectivity index (χ4v) is 2.24. The maximum absolute atomic E-state index is 12.0. The van der Waals surface area contributed by atoms with E-state index >= 15 is 0 Å². The Morgan fingerprint density at radius 3 is 2.57 bits per heavy atom. The van der Waals surface area contributed by atoms with Crippen molar-refractivity contribution in [1.29, 1.82) is 0 Å². The number of aromatic amines is 1. The molecule has 0 radical (unpaired) electrons. The number of hydrogen-bond acceptors (Lipinski definition) is 4. The number of rotatable bonds is 2. The Kier molecular flexibility index (Phi) is 3.64. The van der Waals surface area contributed by atoms with E-state index in [0.717, 1.165) is 0 Å². The Hall–Kier alpha value is -3.41. The number of aromatic nitrogens is 1. The van der Waals surface area contributed by atoms with Gasteiger partial charge in [0.25, 0.3) is 5.69 Å². The average molecular weight is 308 g/mol. The number of H-pyrrole nitrogens is 1. The van der Waals surface area contributed by atoms with E-state index in [9.17, 15) is 14.9 Å². The smallest absolute Gasteiger partial charge is 0.361 e. The molecule has 0 aliphatic heterocycles. The Labute approximate surface area is 129 Å². The third-order valence-electron chi connectivity index (χ3n) is 3.36. The average Bonchev–Trinajstić information content (AvgIpc) is 2.89. The molecule has 3 aromatic rings. The van der Waals surface area contributed by atoms with Crippen molar-refractivity contribution >= 4 is 18.3 Å². The van der Waals surface area contributed by atoms with Crippen molar-refractivity contribution in [2.75, 3.05) is 0 Å². The molecular weight excluding hydrogens is 296 g/mol. The van der Waals surface area contributed by atoms with Crippen molar-refractivity contribution in [2.45, 2.75) is 0 Å². The van der Waals surface area contributed by atoms with E-state index in [-0.39, 0.29) is 16.6 Å². The molecule has 1 heterocycles. The molecule has 0 bridgehead atoms. The number of nitrogens with zero attached hydrogens (tertiary/aromatic N) is 1. The third kappa shape index (κ3) is 2.82. The molecule has 0 aliphatic carbocycles. The van der Waals surface area contributed by atoms with Gasteiger partial charge in [0.1, 0.15) is 5.35 Å². The first-order chi connectivity index (χ1) is 11.1. The predicted octanol–water partition coefficient (Wildman–Crippen LogP) is 1.40. The first kappa shape index (κ1) is 14.5. The summed E-state index contributed by atoms with van der Waals surface area (Å²) in [5.41, 5.74) is -0.0893. The van der Waals surface area contributed by atoms with Gasteiger partial charge in [-0.05, 0) is 23.4 Å². The van der Waals surface area contributed by atoms with Crippen LogP contribution in [0, 0.1) is 20.9 Å². The number of nitro benzene ring substituents is 1. The molecule has 0 amide bonds. The van der Waals surface area contributed by atoms with Crippen LogP contribution in [-0.4, -0.2) is 9.91 Å². The van der Waals surface area contributed by atoms with Gasteiger partial charge in [0.05, 0.1) is 10.5 Å². The van der Waals surface area contributed by atoms with Crippen molar-refractivity contribution in [3.05, 3.63) is 96.0 Å². The molecule has 6 nitrogen and oxygen atoms in total. The highest BCUT2D eigenvalue weighted by molar-refractivity contribution is 5.59. The summed E-state index contributed by atoms with van der Waals surface area (Å²) in [5.74, 6) is 0. The zero-order chi connectivity index (χ0) is 16.4. The molecule has 114 valence electrons. The molecule has 0 spiro atoms. The van der Waals surface area contributed by atoms with E-state index in [1.807, 2.05) is 6.07 Å². The first-order valence-electron chi connectivity index (χ1n) is 6.79. The number of benzene rings is 2. The Morgan fingerprint density at radius 2 is 1.83 bits per heavy atom. The van der Waals surface area contributed by atoms with Gasteiger partial charge in [0.2, 0.25) is 5.55 Å². The van der Waals surface area contributed by atoms with Crippen molar-refractivity contribution in [2.24, 2.45) is 0 Å². The summed E-state index contributed by atoms with van der Waals surface area (Å²) in [6.45, 7) is 3.88. The van der Waals surface area contributed by atoms with Crippen molar-refractivity contribution in [1.82, 2.24) is 4.98 Å². The van der Waals surface area contributed by atoms with Crippen LogP contribution in [0.15, 0.2) is 57.7 Å². The second-order valence-corrected chi connectivity index (χ2v) is 4.87. The molecule has 0 aliphatic rings. The molecule has 1 aromatic heterocycles. The van der Waals surface area contributed by atoms with Crippen molar-refractivity contribution in [3.63, 3.8) is 0 Å². The highest BCUT2D eigenvalue weighted by Crippen LogP contribution is 2.17. The molecule has 0 unspecified atom stereocenters. The molecule has 6 heteroatoms. The second kappa shape index (κ2) is 5.76. The van der Waals surface area contributed by atoms with Crippen LogP contribution in [0.4, 0.5) is 5.69 Å². The molecule has 0 saturated carbocycles. The summed E-state index contributed by atoms with van der Waals surface area (Å²) in [6, 6.07) is 13.4. The highest BCUT2D eigenvalue weighted by atomic mass is 16.6. The maximum Gasteiger partial charge on any atom is 0.361 e. The van der Waals surface area contributed by atoms with Crippen LogP contribution < -0.4 is 16.2 Å². The van der Waals surface area contributed by atoms with Gasteiger partial charge >= 0.3 is 5.63 Å². The zero-order valence-corrected chi connectivity index (χ0v) is 12.0. The van der Waals surface area contributed by atoms with Gasteiger partial charge in [-0.25, -0.2) is 4.79 Å².